The van der Waals surface area contributed by atoms with E-state index in [4.69, 9.17) is 0 Å². The quantitative estimate of drug-likeness (QED) is 0.605. The number of pyridine rings is 1. The van der Waals surface area contributed by atoms with Crippen LogP contribution in [-0.2, 0) is 13.5 Å². The number of likely N-dealkylation sites (tertiary alicyclic amines) is 1. The van der Waals surface area contributed by atoms with Crippen LogP contribution >= 0.6 is 0 Å². The van der Waals surface area contributed by atoms with Crippen molar-refractivity contribution >= 4 is 10.9 Å². The van der Waals surface area contributed by atoms with Crippen LogP contribution in [0.1, 0.15) is 49.3 Å². The predicted octanol–water partition coefficient (Wildman–Crippen LogP) is 5.24. The van der Waals surface area contributed by atoms with Crippen LogP contribution in [-0.4, -0.2) is 40.0 Å². The van der Waals surface area contributed by atoms with E-state index in [0.717, 1.165) is 40.7 Å². The van der Waals surface area contributed by atoms with Crippen LogP contribution < -0.4 is 5.56 Å². The minimum atomic E-state index is -2.56. The van der Waals surface area contributed by atoms with Crippen LogP contribution in [0.3, 0.4) is 0 Å². The number of aryl methyl sites for hydroxylation is 2. The van der Waals surface area contributed by atoms with Crippen molar-refractivity contribution in [2.24, 2.45) is 7.05 Å². The zero-order valence-corrected chi connectivity index (χ0v) is 18.8. The van der Waals surface area contributed by atoms with Crippen LogP contribution in [0.4, 0.5) is 8.78 Å². The Balaban J connectivity index is 1.66. The van der Waals surface area contributed by atoms with Gasteiger partial charge < -0.3 is 9.55 Å². The van der Waals surface area contributed by atoms with Gasteiger partial charge in [-0.3, -0.25) is 9.69 Å². The maximum atomic E-state index is 13.7. The number of rotatable bonds is 5. The molecule has 1 aliphatic rings. The molecule has 0 bridgehead atoms. The molecule has 1 fully saturated rings. The average Bonchev–Trinajstić information content (AvgIpc) is 3.08. The van der Waals surface area contributed by atoms with Crippen molar-refractivity contribution in [2.45, 2.75) is 51.9 Å². The Morgan fingerprint density at radius 1 is 1.23 bits per heavy atom. The number of aromatic nitrogens is 2. The lowest BCUT2D eigenvalue weighted by molar-refractivity contribution is -0.0635. The van der Waals surface area contributed by atoms with E-state index < -0.39 is 5.92 Å². The molecular formula is C25H31F2N3O. The second-order valence-corrected chi connectivity index (χ2v) is 9.26. The average molecular weight is 428 g/mol. The first kappa shape index (κ1) is 21.8. The van der Waals surface area contributed by atoms with Gasteiger partial charge in [-0.05, 0) is 61.6 Å². The summed E-state index contributed by atoms with van der Waals surface area (Å²) < 4.78 is 29.0. The summed E-state index contributed by atoms with van der Waals surface area (Å²) in [5.41, 5.74) is 6.19. The Kier molecular flexibility index (Phi) is 5.77. The number of benzene rings is 1. The van der Waals surface area contributed by atoms with Gasteiger partial charge in [0.2, 0.25) is 0 Å². The molecule has 0 saturated carbocycles. The van der Waals surface area contributed by atoms with Gasteiger partial charge in [0.05, 0.1) is 12.2 Å². The zero-order valence-electron chi connectivity index (χ0n) is 18.8. The molecule has 3 aromatic rings. The summed E-state index contributed by atoms with van der Waals surface area (Å²) in [6, 6.07) is 8.30. The van der Waals surface area contributed by atoms with Crippen molar-refractivity contribution in [1.82, 2.24) is 14.5 Å². The zero-order chi connectivity index (χ0) is 22.3. The van der Waals surface area contributed by atoms with Crippen LogP contribution in [0.5, 0.6) is 0 Å². The Labute approximate surface area is 181 Å². The first-order chi connectivity index (χ1) is 14.6. The molecule has 4 nitrogen and oxygen atoms in total. The summed E-state index contributed by atoms with van der Waals surface area (Å²) in [7, 11) is 1.78. The molecule has 1 aromatic carbocycles. The van der Waals surface area contributed by atoms with Crippen molar-refractivity contribution in [3.8, 4) is 11.3 Å². The minimum absolute atomic E-state index is 0.00386. The second kappa shape index (κ2) is 8.23. The summed E-state index contributed by atoms with van der Waals surface area (Å²) in [4.78, 5) is 17.6. The van der Waals surface area contributed by atoms with E-state index >= 15 is 0 Å². The molecule has 6 heteroatoms. The topological polar surface area (TPSA) is 41.0 Å². The van der Waals surface area contributed by atoms with Crippen LogP contribution in [0.2, 0.25) is 0 Å². The lowest BCUT2D eigenvalue weighted by Gasteiger charge is -2.32. The lowest BCUT2D eigenvalue weighted by atomic mass is 9.95. The van der Waals surface area contributed by atoms with Gasteiger partial charge in [-0.25, -0.2) is 8.78 Å². The number of fused-ring (bicyclic) bond motifs is 1. The van der Waals surface area contributed by atoms with Crippen LogP contribution in [0, 0.1) is 6.92 Å². The number of nitrogens with one attached hydrogen (secondary N) is 1. The molecule has 0 spiro atoms. The molecule has 31 heavy (non-hydrogen) atoms. The third-order valence-electron chi connectivity index (χ3n) is 6.32. The predicted molar refractivity (Wildman–Crippen MR) is 122 cm³/mol. The van der Waals surface area contributed by atoms with Crippen LogP contribution in [0.15, 0.2) is 35.3 Å². The van der Waals surface area contributed by atoms with Crippen molar-refractivity contribution in [2.75, 3.05) is 19.6 Å². The highest BCUT2D eigenvalue weighted by atomic mass is 19.3. The van der Waals surface area contributed by atoms with Crippen LogP contribution in [0.25, 0.3) is 22.2 Å². The monoisotopic (exact) mass is 427 g/mol. The van der Waals surface area contributed by atoms with E-state index in [1.807, 2.05) is 24.1 Å². The van der Waals surface area contributed by atoms with Gasteiger partial charge in [0.1, 0.15) is 0 Å². The molecule has 0 unspecified atom stereocenters. The van der Waals surface area contributed by atoms with E-state index in [-0.39, 0.29) is 24.4 Å². The second-order valence-electron chi connectivity index (χ2n) is 9.26. The molecule has 1 aliphatic heterocycles. The third-order valence-corrected chi connectivity index (χ3v) is 6.32. The number of hydrogen-bond donors (Lipinski definition) is 1. The fourth-order valence-electron chi connectivity index (χ4n) is 4.78. The first-order valence-corrected chi connectivity index (χ1v) is 11.1. The molecule has 4 rings (SSSR count). The summed E-state index contributed by atoms with van der Waals surface area (Å²) in [5.74, 6) is -2.27. The highest BCUT2D eigenvalue weighted by molar-refractivity contribution is 5.91. The van der Waals surface area contributed by atoms with Crippen molar-refractivity contribution < 1.29 is 8.78 Å². The molecule has 0 aliphatic carbocycles. The normalized spacial score (nSPS) is 17.0. The maximum absolute atomic E-state index is 13.7. The molecule has 0 amide bonds. The van der Waals surface area contributed by atoms with E-state index in [9.17, 15) is 13.6 Å². The van der Waals surface area contributed by atoms with Gasteiger partial charge in [-0.15, -0.1) is 0 Å². The number of halogens is 2. The number of piperidine rings is 1. The van der Waals surface area contributed by atoms with Gasteiger partial charge in [0.25, 0.3) is 11.5 Å². The van der Waals surface area contributed by atoms with E-state index in [1.54, 1.807) is 11.6 Å². The fraction of sp³-hybridized carbons (Fsp3) is 0.480. The van der Waals surface area contributed by atoms with E-state index in [1.165, 1.54) is 5.56 Å². The number of alkyl halides is 2. The highest BCUT2D eigenvalue weighted by Crippen LogP contribution is 2.36. The smallest absolute Gasteiger partial charge is 0.260 e. The van der Waals surface area contributed by atoms with Gasteiger partial charge in [-0.2, -0.15) is 0 Å². The molecule has 1 saturated heterocycles. The lowest BCUT2D eigenvalue weighted by Crippen LogP contribution is -2.43. The largest absolute Gasteiger partial charge is 0.354 e. The molecule has 2 aromatic heterocycles. The van der Waals surface area contributed by atoms with Crippen molar-refractivity contribution in [3.05, 3.63) is 57.5 Å². The number of hydrogen-bond acceptors (Lipinski definition) is 2. The molecular weight excluding hydrogens is 396 g/mol. The number of H-pyrrole nitrogens is 1. The SMILES string of the molecule is Cc1cc(-c2[nH]c3ccc(CCN4CCCC(F)(F)C4)cc3c2C(C)C)cn(C)c1=O. The summed E-state index contributed by atoms with van der Waals surface area (Å²) in [6.07, 6.45) is 3.19. The highest BCUT2D eigenvalue weighted by Gasteiger charge is 2.34. The molecule has 166 valence electrons. The minimum Gasteiger partial charge on any atom is -0.354 e. The Morgan fingerprint density at radius 3 is 2.68 bits per heavy atom. The van der Waals surface area contributed by atoms with Gasteiger partial charge in [-0.1, -0.05) is 19.9 Å². The summed E-state index contributed by atoms with van der Waals surface area (Å²) in [5, 5.41) is 1.16. The molecule has 0 radical (unpaired) electrons. The maximum Gasteiger partial charge on any atom is 0.260 e. The van der Waals surface area contributed by atoms with E-state index in [0.29, 0.717) is 18.5 Å². The van der Waals surface area contributed by atoms with Gasteiger partial charge >= 0.3 is 0 Å². The van der Waals surface area contributed by atoms with Crippen molar-refractivity contribution in [3.63, 3.8) is 0 Å². The first-order valence-electron chi connectivity index (χ1n) is 11.1. The summed E-state index contributed by atoms with van der Waals surface area (Å²) >= 11 is 0. The molecule has 0 atom stereocenters. The Hall–Kier alpha value is -2.47. The van der Waals surface area contributed by atoms with E-state index in [2.05, 4.69) is 37.0 Å². The standard InChI is InChI=1S/C25H31F2N3O/c1-16(2)22-20-13-18(8-11-30-10-5-9-25(26,27)15-30)6-7-21(20)28-23(22)19-12-17(3)24(31)29(4)14-19/h6-7,12-14,16,28H,5,8-11,15H2,1-4H3. The van der Waals surface area contributed by atoms with Gasteiger partial charge in [0.15, 0.2) is 0 Å². The van der Waals surface area contributed by atoms with Gasteiger partial charge in [0, 0.05) is 48.2 Å². The summed E-state index contributed by atoms with van der Waals surface area (Å²) in [6.45, 7) is 7.44. The Bertz CT molecular complexity index is 1130. The molecule has 1 N–H and O–H groups in total. The number of aromatic amines is 1. The number of nitrogens with zero attached hydrogens (tertiary/aromatic N) is 2. The third kappa shape index (κ3) is 4.45. The molecule has 3 heterocycles. The van der Waals surface area contributed by atoms with Crippen molar-refractivity contribution in [1.29, 1.82) is 0 Å². The Morgan fingerprint density at radius 2 is 2.00 bits per heavy atom. The fourth-order valence-corrected chi connectivity index (χ4v) is 4.78.